The van der Waals surface area contributed by atoms with E-state index < -0.39 is 5.60 Å². The van der Waals surface area contributed by atoms with E-state index in [0.29, 0.717) is 26.1 Å². The van der Waals surface area contributed by atoms with E-state index in [1.807, 2.05) is 0 Å². The van der Waals surface area contributed by atoms with Crippen LogP contribution in [0.2, 0.25) is 0 Å². The first kappa shape index (κ1) is 10.6. The van der Waals surface area contributed by atoms with Crippen LogP contribution < -0.4 is 0 Å². The van der Waals surface area contributed by atoms with E-state index in [0.717, 1.165) is 0 Å². The lowest BCUT2D eigenvalue weighted by Crippen LogP contribution is -2.37. The zero-order chi connectivity index (χ0) is 9.03. The third kappa shape index (κ3) is 2.52. The average molecular weight is 304 g/mol. The molecule has 0 aromatic rings. The van der Waals surface area contributed by atoms with Crippen LogP contribution in [0.5, 0.6) is 0 Å². The fourth-order valence-corrected chi connectivity index (χ4v) is 2.04. The largest absolute Gasteiger partial charge is 0.454 e. The Morgan fingerprint density at radius 1 is 1.67 bits per heavy atom. The second-order valence-corrected chi connectivity index (χ2v) is 3.68. The molecule has 2 atom stereocenters. The minimum atomic E-state index is -0.556. The number of esters is 1. The Kier molecular flexibility index (Phi) is 4.16. The molecule has 1 fully saturated rings. The van der Waals surface area contributed by atoms with E-state index in [1.54, 1.807) is 23.0 Å². The van der Waals surface area contributed by atoms with Crippen molar-refractivity contribution in [1.82, 2.24) is 0 Å². The van der Waals surface area contributed by atoms with Crippen molar-refractivity contribution >= 4 is 38.4 Å². The van der Waals surface area contributed by atoms with Crippen molar-refractivity contribution in [2.24, 2.45) is 0 Å². The average Bonchev–Trinajstić information content (AvgIpc) is 2.34. The maximum Gasteiger partial charge on any atom is 0.306 e. The van der Waals surface area contributed by atoms with Crippen molar-refractivity contribution < 1.29 is 17.1 Å². The van der Waals surface area contributed by atoms with Gasteiger partial charge >= 0.3 is 5.97 Å². The summed E-state index contributed by atoms with van der Waals surface area (Å²) in [6.07, 6.45) is 1.12. The highest BCUT2D eigenvalue weighted by Crippen LogP contribution is 2.28. The maximum atomic E-state index is 10.9. The molecule has 0 aliphatic carbocycles. The molecule has 1 aliphatic rings. The van der Waals surface area contributed by atoms with Gasteiger partial charge in [0, 0.05) is 22.3 Å². The van der Waals surface area contributed by atoms with Gasteiger partial charge < -0.3 is 12.3 Å². The fraction of sp³-hybridized carbons (Fsp3) is 0.833. The van der Waals surface area contributed by atoms with Gasteiger partial charge in [0.15, 0.2) is 5.60 Å². The summed E-state index contributed by atoms with van der Waals surface area (Å²) in [5.74, 6) is -0.175. The Hall–Kier alpha value is 0.550. The van der Waals surface area contributed by atoms with Gasteiger partial charge in [-0.3, -0.25) is 4.79 Å². The summed E-state index contributed by atoms with van der Waals surface area (Å²) in [5, 5.41) is 0. The van der Waals surface area contributed by atoms with E-state index in [9.17, 15) is 4.79 Å². The predicted octanol–water partition coefficient (Wildman–Crippen LogP) is 1.24. The molecule has 70 valence electrons. The SMILES string of the molecule is O=C1CCC(COP)(COI)O1. The molecule has 0 spiro atoms. The Morgan fingerprint density at radius 3 is 2.83 bits per heavy atom. The minimum absolute atomic E-state index is 0.175. The van der Waals surface area contributed by atoms with Gasteiger partial charge in [-0.25, -0.2) is 0 Å². The van der Waals surface area contributed by atoms with E-state index in [1.165, 1.54) is 0 Å². The predicted molar refractivity (Wildman–Crippen MR) is 53.7 cm³/mol. The lowest BCUT2D eigenvalue weighted by atomic mass is 10.0. The second kappa shape index (κ2) is 4.69. The van der Waals surface area contributed by atoms with Gasteiger partial charge in [-0.05, 0) is 0 Å². The van der Waals surface area contributed by atoms with Crippen LogP contribution in [0.25, 0.3) is 0 Å². The highest BCUT2D eigenvalue weighted by Gasteiger charge is 2.40. The van der Waals surface area contributed by atoms with Crippen molar-refractivity contribution in [1.29, 1.82) is 0 Å². The first-order chi connectivity index (χ1) is 5.72. The second-order valence-electron chi connectivity index (χ2n) is 2.72. The van der Waals surface area contributed by atoms with Crippen LogP contribution in [-0.4, -0.2) is 24.8 Å². The quantitative estimate of drug-likeness (QED) is 0.445. The van der Waals surface area contributed by atoms with E-state index in [-0.39, 0.29) is 5.97 Å². The standard InChI is InChI=1S/C6H10IO4P/c7-9-3-6(4-10-12)2-1-5(8)11-6/h1-4,12H2. The summed E-state index contributed by atoms with van der Waals surface area (Å²) >= 11 is 1.78. The third-order valence-electron chi connectivity index (χ3n) is 1.78. The molecule has 0 bridgehead atoms. The topological polar surface area (TPSA) is 44.8 Å². The Labute approximate surface area is 87.3 Å². The van der Waals surface area contributed by atoms with Crippen molar-refractivity contribution in [3.05, 3.63) is 0 Å². The lowest BCUT2D eigenvalue weighted by Gasteiger charge is -2.24. The number of hydrogen-bond acceptors (Lipinski definition) is 4. The molecule has 0 aromatic heterocycles. The first-order valence-electron chi connectivity index (χ1n) is 3.49. The number of halogens is 1. The van der Waals surface area contributed by atoms with Gasteiger partial charge in [-0.2, -0.15) is 0 Å². The van der Waals surface area contributed by atoms with Crippen LogP contribution in [-0.2, 0) is 17.1 Å². The smallest absolute Gasteiger partial charge is 0.306 e. The van der Waals surface area contributed by atoms with Gasteiger partial charge in [0.1, 0.15) is 29.6 Å². The minimum Gasteiger partial charge on any atom is -0.454 e. The Balaban J connectivity index is 2.54. The summed E-state index contributed by atoms with van der Waals surface area (Å²) in [4.78, 5) is 10.9. The summed E-state index contributed by atoms with van der Waals surface area (Å²) in [7, 11) is 2.14. The molecule has 4 nitrogen and oxygen atoms in total. The monoisotopic (exact) mass is 304 g/mol. The van der Waals surface area contributed by atoms with Crippen LogP contribution >= 0.6 is 32.5 Å². The molecule has 1 heterocycles. The zero-order valence-corrected chi connectivity index (χ0v) is 9.73. The lowest BCUT2D eigenvalue weighted by molar-refractivity contribution is -0.152. The van der Waals surface area contributed by atoms with E-state index in [4.69, 9.17) is 12.3 Å². The van der Waals surface area contributed by atoms with Crippen LogP contribution in [0, 0.1) is 0 Å². The molecular formula is C6H10IO4P. The Morgan fingerprint density at radius 2 is 2.42 bits per heavy atom. The van der Waals surface area contributed by atoms with E-state index >= 15 is 0 Å². The molecule has 1 rings (SSSR count). The molecule has 1 aliphatic heterocycles. The van der Waals surface area contributed by atoms with Gasteiger partial charge in [-0.15, -0.1) is 0 Å². The Bertz CT molecular complexity index is 169. The number of carbonyl (C=O) groups excluding carboxylic acids is 1. The van der Waals surface area contributed by atoms with E-state index in [2.05, 4.69) is 9.47 Å². The summed E-state index contributed by atoms with van der Waals surface area (Å²) < 4.78 is 14.9. The zero-order valence-electron chi connectivity index (χ0n) is 6.42. The van der Waals surface area contributed by atoms with Gasteiger partial charge in [0.2, 0.25) is 0 Å². The summed E-state index contributed by atoms with van der Waals surface area (Å²) in [6.45, 7) is 0.750. The number of cyclic esters (lactones) is 1. The maximum absolute atomic E-state index is 10.9. The number of hydrogen-bond donors (Lipinski definition) is 0. The van der Waals surface area contributed by atoms with Crippen LogP contribution in [0.1, 0.15) is 12.8 Å². The van der Waals surface area contributed by atoms with Crippen molar-refractivity contribution in [2.45, 2.75) is 18.4 Å². The molecule has 6 heteroatoms. The summed E-state index contributed by atoms with van der Waals surface area (Å²) in [6, 6.07) is 0. The third-order valence-corrected chi connectivity index (χ3v) is 2.26. The van der Waals surface area contributed by atoms with Crippen molar-refractivity contribution in [3.63, 3.8) is 0 Å². The molecule has 0 saturated carbocycles. The molecule has 0 aromatic carbocycles. The van der Waals surface area contributed by atoms with Gasteiger partial charge in [0.05, 0.1) is 6.61 Å². The molecule has 2 unspecified atom stereocenters. The van der Waals surface area contributed by atoms with Gasteiger partial charge in [-0.1, -0.05) is 0 Å². The summed E-state index contributed by atoms with van der Waals surface area (Å²) in [5.41, 5.74) is -0.556. The van der Waals surface area contributed by atoms with Crippen LogP contribution in [0.4, 0.5) is 0 Å². The molecule has 0 radical (unpaired) electrons. The number of carbonyl (C=O) groups is 1. The van der Waals surface area contributed by atoms with Gasteiger partial charge in [0.25, 0.3) is 0 Å². The molecule has 1 saturated heterocycles. The van der Waals surface area contributed by atoms with Crippen molar-refractivity contribution in [2.75, 3.05) is 13.2 Å². The number of rotatable bonds is 4. The number of ether oxygens (including phenoxy) is 1. The molecule has 0 N–H and O–H groups in total. The normalized spacial score (nSPS) is 29.0. The highest BCUT2D eigenvalue weighted by atomic mass is 127. The van der Waals surface area contributed by atoms with Crippen LogP contribution in [0.3, 0.4) is 0 Å². The van der Waals surface area contributed by atoms with Crippen molar-refractivity contribution in [3.8, 4) is 0 Å². The molecule has 0 amide bonds. The fourth-order valence-electron chi connectivity index (χ4n) is 1.17. The molecule has 12 heavy (non-hydrogen) atoms. The highest BCUT2D eigenvalue weighted by molar-refractivity contribution is 14.1. The first-order valence-corrected chi connectivity index (χ1v) is 4.85. The van der Waals surface area contributed by atoms with Crippen LogP contribution in [0.15, 0.2) is 0 Å². The molecular weight excluding hydrogens is 294 g/mol.